The predicted octanol–water partition coefficient (Wildman–Crippen LogP) is 3.64. The SMILES string of the molecule is CCN(CC)S(=O)(=O)c1cc(NC(=O)CCc2nc3ccccc3c(=O)n2C2CC2)ccc1C. The first kappa shape index (κ1) is 24.1. The van der Waals surface area contributed by atoms with E-state index in [-0.39, 0.29) is 28.8 Å². The number of benzene rings is 2. The van der Waals surface area contributed by atoms with Gasteiger partial charge in [-0.2, -0.15) is 4.31 Å². The van der Waals surface area contributed by atoms with Crippen LogP contribution >= 0.6 is 0 Å². The monoisotopic (exact) mass is 482 g/mol. The number of carbonyl (C=O) groups is 1. The third-order valence-corrected chi connectivity index (χ3v) is 8.36. The molecule has 0 spiro atoms. The summed E-state index contributed by atoms with van der Waals surface area (Å²) in [5, 5.41) is 3.39. The van der Waals surface area contributed by atoms with Crippen molar-refractivity contribution in [2.24, 2.45) is 0 Å². The molecule has 1 fully saturated rings. The van der Waals surface area contributed by atoms with Crippen LogP contribution in [0.3, 0.4) is 0 Å². The van der Waals surface area contributed by atoms with Crippen LogP contribution < -0.4 is 10.9 Å². The van der Waals surface area contributed by atoms with E-state index in [2.05, 4.69) is 10.3 Å². The van der Waals surface area contributed by atoms with Crippen molar-refractivity contribution >= 4 is 32.5 Å². The third-order valence-electron chi connectivity index (χ3n) is 6.16. The van der Waals surface area contributed by atoms with Crippen LogP contribution in [0.2, 0.25) is 0 Å². The fourth-order valence-electron chi connectivity index (χ4n) is 4.18. The molecule has 1 N–H and O–H groups in total. The lowest BCUT2D eigenvalue weighted by atomic mass is 10.2. The van der Waals surface area contributed by atoms with E-state index in [0.717, 1.165) is 12.8 Å². The van der Waals surface area contributed by atoms with Gasteiger partial charge in [0.2, 0.25) is 15.9 Å². The van der Waals surface area contributed by atoms with Crippen LogP contribution in [0.4, 0.5) is 5.69 Å². The molecule has 1 saturated carbocycles. The lowest BCUT2D eigenvalue weighted by Crippen LogP contribution is -2.31. The standard InChI is InChI=1S/C25H30N4O4S/c1-4-28(5-2)34(32,33)22-16-18(11-10-17(22)3)26-24(30)15-14-23-27-21-9-7-6-8-20(21)25(31)29(23)19-12-13-19/h6-11,16,19H,4-5,12-15H2,1-3H3,(H,26,30). The highest BCUT2D eigenvalue weighted by Gasteiger charge is 2.28. The van der Waals surface area contributed by atoms with E-state index in [1.807, 2.05) is 18.2 Å². The van der Waals surface area contributed by atoms with E-state index in [1.54, 1.807) is 43.5 Å². The predicted molar refractivity (Wildman–Crippen MR) is 133 cm³/mol. The number of anilines is 1. The van der Waals surface area contributed by atoms with Crippen LogP contribution in [-0.4, -0.2) is 41.3 Å². The van der Waals surface area contributed by atoms with Gasteiger partial charge in [0.15, 0.2) is 0 Å². The average molecular weight is 483 g/mol. The van der Waals surface area contributed by atoms with Crippen LogP contribution in [0, 0.1) is 6.92 Å². The molecular formula is C25H30N4O4S. The Morgan fingerprint density at radius 1 is 1.15 bits per heavy atom. The number of aromatic nitrogens is 2. The maximum atomic E-state index is 13.0. The van der Waals surface area contributed by atoms with Crippen LogP contribution in [0.5, 0.6) is 0 Å². The normalized spacial score (nSPS) is 14.0. The van der Waals surface area contributed by atoms with E-state index in [9.17, 15) is 18.0 Å². The van der Waals surface area contributed by atoms with Crippen molar-refractivity contribution in [2.75, 3.05) is 18.4 Å². The Hall–Kier alpha value is -3.04. The molecule has 34 heavy (non-hydrogen) atoms. The van der Waals surface area contributed by atoms with Crippen molar-refractivity contribution in [3.63, 3.8) is 0 Å². The zero-order valence-corrected chi connectivity index (χ0v) is 20.6. The lowest BCUT2D eigenvalue weighted by Gasteiger charge is -2.20. The van der Waals surface area contributed by atoms with Crippen molar-refractivity contribution in [1.29, 1.82) is 0 Å². The van der Waals surface area contributed by atoms with Crippen molar-refractivity contribution in [3.05, 3.63) is 64.2 Å². The Labute approximate surface area is 199 Å². The second-order valence-corrected chi connectivity index (χ2v) is 10.5. The summed E-state index contributed by atoms with van der Waals surface area (Å²) in [6.45, 7) is 6.07. The second kappa shape index (κ2) is 9.68. The average Bonchev–Trinajstić information content (AvgIpc) is 3.64. The van der Waals surface area contributed by atoms with Gasteiger partial charge in [-0.25, -0.2) is 13.4 Å². The fourth-order valence-corrected chi connectivity index (χ4v) is 5.89. The zero-order valence-electron chi connectivity index (χ0n) is 19.7. The van der Waals surface area contributed by atoms with Gasteiger partial charge < -0.3 is 5.32 Å². The summed E-state index contributed by atoms with van der Waals surface area (Å²) in [7, 11) is -3.65. The number of hydrogen-bond acceptors (Lipinski definition) is 5. The van der Waals surface area contributed by atoms with Gasteiger partial charge in [0.25, 0.3) is 5.56 Å². The molecule has 0 radical (unpaired) electrons. The van der Waals surface area contributed by atoms with Crippen LogP contribution in [-0.2, 0) is 21.2 Å². The second-order valence-electron chi connectivity index (χ2n) is 8.57. The fraction of sp³-hybridized carbons (Fsp3) is 0.400. The van der Waals surface area contributed by atoms with Crippen molar-refractivity contribution in [2.45, 2.75) is 57.4 Å². The van der Waals surface area contributed by atoms with Crippen LogP contribution in [0.25, 0.3) is 10.9 Å². The van der Waals surface area contributed by atoms with E-state index in [1.165, 1.54) is 10.4 Å². The number of nitrogens with zero attached hydrogens (tertiary/aromatic N) is 3. The molecule has 0 saturated heterocycles. The Bertz CT molecular complexity index is 1390. The minimum Gasteiger partial charge on any atom is -0.326 e. The molecule has 1 aromatic heterocycles. The molecule has 3 aromatic rings. The number of para-hydroxylation sites is 1. The van der Waals surface area contributed by atoms with Gasteiger partial charge in [0.1, 0.15) is 5.82 Å². The highest BCUT2D eigenvalue weighted by atomic mass is 32.2. The molecule has 2 aromatic carbocycles. The van der Waals surface area contributed by atoms with E-state index < -0.39 is 10.0 Å². The molecule has 1 amide bonds. The number of carbonyl (C=O) groups excluding carboxylic acids is 1. The maximum absolute atomic E-state index is 13.0. The minimum atomic E-state index is -3.65. The zero-order chi connectivity index (χ0) is 24.5. The molecule has 0 atom stereocenters. The van der Waals surface area contributed by atoms with Gasteiger partial charge in [0.05, 0.1) is 15.8 Å². The number of nitrogens with one attached hydrogen (secondary N) is 1. The summed E-state index contributed by atoms with van der Waals surface area (Å²) in [6, 6.07) is 12.3. The summed E-state index contributed by atoms with van der Waals surface area (Å²) >= 11 is 0. The number of hydrogen-bond donors (Lipinski definition) is 1. The van der Waals surface area contributed by atoms with Crippen LogP contribution in [0.1, 0.15) is 50.5 Å². The molecule has 9 heteroatoms. The first-order valence-corrected chi connectivity index (χ1v) is 13.1. The summed E-state index contributed by atoms with van der Waals surface area (Å²) in [6.07, 6.45) is 2.32. The molecule has 180 valence electrons. The summed E-state index contributed by atoms with van der Waals surface area (Å²) in [5.74, 6) is 0.342. The quantitative estimate of drug-likeness (QED) is 0.502. The Kier molecular flexibility index (Phi) is 6.86. The first-order valence-electron chi connectivity index (χ1n) is 11.7. The van der Waals surface area contributed by atoms with Crippen LogP contribution in [0.15, 0.2) is 52.2 Å². The van der Waals surface area contributed by atoms with Gasteiger partial charge in [0, 0.05) is 37.7 Å². The van der Waals surface area contributed by atoms with Gasteiger partial charge in [-0.05, 0) is 49.6 Å². The Morgan fingerprint density at radius 2 is 1.85 bits per heavy atom. The molecule has 0 bridgehead atoms. The van der Waals surface area contributed by atoms with E-state index in [4.69, 9.17) is 0 Å². The number of aryl methyl sites for hydroxylation is 2. The van der Waals surface area contributed by atoms with E-state index in [0.29, 0.717) is 47.5 Å². The Balaban J connectivity index is 1.53. The number of rotatable bonds is 9. The molecule has 1 aliphatic carbocycles. The largest absolute Gasteiger partial charge is 0.326 e. The Morgan fingerprint density at radius 3 is 2.53 bits per heavy atom. The molecule has 4 rings (SSSR count). The number of sulfonamides is 1. The number of fused-ring (bicyclic) bond motifs is 1. The molecule has 1 heterocycles. The first-order chi connectivity index (χ1) is 16.3. The van der Waals surface area contributed by atoms with Gasteiger partial charge in [-0.15, -0.1) is 0 Å². The lowest BCUT2D eigenvalue weighted by molar-refractivity contribution is -0.116. The topological polar surface area (TPSA) is 101 Å². The van der Waals surface area contributed by atoms with Gasteiger partial charge in [-0.3, -0.25) is 14.2 Å². The van der Waals surface area contributed by atoms with Crippen molar-refractivity contribution in [1.82, 2.24) is 13.9 Å². The van der Waals surface area contributed by atoms with Gasteiger partial charge >= 0.3 is 0 Å². The van der Waals surface area contributed by atoms with Gasteiger partial charge in [-0.1, -0.05) is 32.0 Å². The highest BCUT2D eigenvalue weighted by Crippen LogP contribution is 2.35. The molecule has 8 nitrogen and oxygen atoms in total. The molecule has 0 unspecified atom stereocenters. The smallest absolute Gasteiger partial charge is 0.261 e. The van der Waals surface area contributed by atoms with E-state index >= 15 is 0 Å². The summed E-state index contributed by atoms with van der Waals surface area (Å²) < 4.78 is 29.1. The highest BCUT2D eigenvalue weighted by molar-refractivity contribution is 7.89. The summed E-state index contributed by atoms with van der Waals surface area (Å²) in [5.41, 5.74) is 1.61. The molecule has 0 aliphatic heterocycles. The molecule has 1 aliphatic rings. The molecular weight excluding hydrogens is 452 g/mol. The maximum Gasteiger partial charge on any atom is 0.261 e. The van der Waals surface area contributed by atoms with Crippen molar-refractivity contribution in [3.8, 4) is 0 Å². The third kappa shape index (κ3) is 4.76. The summed E-state index contributed by atoms with van der Waals surface area (Å²) in [4.78, 5) is 30.6. The number of amides is 1. The van der Waals surface area contributed by atoms with Crippen molar-refractivity contribution < 1.29 is 13.2 Å². The minimum absolute atomic E-state index is 0.0618.